The maximum Gasteiger partial charge on any atom is 0.218 e. The lowest BCUT2D eigenvalue weighted by atomic mass is 10.1. The smallest absolute Gasteiger partial charge is 0.218 e. The van der Waals surface area contributed by atoms with Crippen molar-refractivity contribution in [2.75, 3.05) is 0 Å². The minimum atomic E-state index is -0.442. The summed E-state index contributed by atoms with van der Waals surface area (Å²) in [6.07, 6.45) is 2.75. The zero-order valence-corrected chi connectivity index (χ0v) is 12.5. The Morgan fingerprint density at radius 3 is 3.04 bits per heavy atom. The van der Waals surface area contributed by atoms with E-state index in [4.69, 9.17) is 0 Å². The van der Waals surface area contributed by atoms with Gasteiger partial charge >= 0.3 is 0 Å². The van der Waals surface area contributed by atoms with Gasteiger partial charge in [-0.05, 0) is 17.7 Å². The molecule has 2 N–H and O–H groups in total. The molecule has 0 radical (unpaired) electrons. The maximum atomic E-state index is 13.2. The summed E-state index contributed by atoms with van der Waals surface area (Å²) in [7, 11) is 0. The second-order valence-corrected chi connectivity index (χ2v) is 5.53. The Labute approximate surface area is 134 Å². The fourth-order valence-electron chi connectivity index (χ4n) is 1.94. The normalized spacial score (nSPS) is 11.6. The van der Waals surface area contributed by atoms with Crippen molar-refractivity contribution in [3.63, 3.8) is 0 Å². The molecular formula is C15H11FN4O2S. The Kier molecular flexibility index (Phi) is 4.24. The Balaban J connectivity index is 1.74. The Bertz CT molecular complexity index is 858. The molecule has 0 amide bonds. The van der Waals surface area contributed by atoms with Crippen LogP contribution in [0.5, 0.6) is 0 Å². The van der Waals surface area contributed by atoms with E-state index in [2.05, 4.69) is 20.2 Å². The first-order valence-corrected chi connectivity index (χ1v) is 7.50. The number of carbonyl (C=O) groups is 1. The summed E-state index contributed by atoms with van der Waals surface area (Å²) in [5, 5.41) is 17.8. The molecule has 6 nitrogen and oxygen atoms in total. The van der Waals surface area contributed by atoms with Gasteiger partial charge in [0, 0.05) is 17.9 Å². The molecule has 0 aliphatic rings. The van der Waals surface area contributed by atoms with Crippen LogP contribution in [-0.4, -0.2) is 31.1 Å². The summed E-state index contributed by atoms with van der Waals surface area (Å²) in [6.45, 7) is 0. The van der Waals surface area contributed by atoms with Gasteiger partial charge in [0.05, 0.1) is 5.69 Å². The third kappa shape index (κ3) is 3.67. The van der Waals surface area contributed by atoms with Crippen LogP contribution in [0.15, 0.2) is 42.0 Å². The minimum absolute atomic E-state index is 0.0369. The number of benzene rings is 1. The van der Waals surface area contributed by atoms with E-state index in [-0.39, 0.29) is 22.4 Å². The molecule has 0 aliphatic heterocycles. The highest BCUT2D eigenvalue weighted by Crippen LogP contribution is 2.16. The quantitative estimate of drug-likeness (QED) is 0.426. The highest BCUT2D eigenvalue weighted by molar-refractivity contribution is 7.11. The molecule has 0 saturated heterocycles. The van der Waals surface area contributed by atoms with Crippen molar-refractivity contribution in [1.29, 1.82) is 0 Å². The molecule has 2 heterocycles. The number of H-pyrrole nitrogens is 1. The maximum absolute atomic E-state index is 13.2. The molecule has 8 heteroatoms. The van der Waals surface area contributed by atoms with Crippen LogP contribution in [0.25, 0.3) is 5.76 Å². The van der Waals surface area contributed by atoms with Crippen molar-refractivity contribution in [3.05, 3.63) is 70.0 Å². The lowest BCUT2D eigenvalue weighted by molar-refractivity contribution is 0.104. The fraction of sp³-hybridized carbons (Fsp3) is 0.0667. The second kappa shape index (κ2) is 6.49. The molecular weight excluding hydrogens is 319 g/mol. The number of ketones is 1. The van der Waals surface area contributed by atoms with E-state index >= 15 is 0 Å². The predicted molar refractivity (Wildman–Crippen MR) is 82.6 cm³/mol. The van der Waals surface area contributed by atoms with Crippen molar-refractivity contribution in [2.24, 2.45) is 0 Å². The first-order chi connectivity index (χ1) is 11.1. The molecule has 0 bridgehead atoms. The number of aliphatic hydroxyl groups is 1. The van der Waals surface area contributed by atoms with E-state index in [1.807, 2.05) is 0 Å². The molecule has 2 aromatic heterocycles. The number of carbonyl (C=O) groups excluding carboxylic acids is 1. The average molecular weight is 330 g/mol. The van der Waals surface area contributed by atoms with E-state index < -0.39 is 5.78 Å². The number of hydrogen-bond acceptors (Lipinski definition) is 6. The summed E-state index contributed by atoms with van der Waals surface area (Å²) in [6, 6.07) is 6.21. The van der Waals surface area contributed by atoms with Gasteiger partial charge in [0.25, 0.3) is 0 Å². The van der Waals surface area contributed by atoms with Gasteiger partial charge in [0.2, 0.25) is 11.6 Å². The Hall–Kier alpha value is -2.87. The van der Waals surface area contributed by atoms with Crippen LogP contribution < -0.4 is 0 Å². The monoisotopic (exact) mass is 330 g/mol. The molecule has 116 valence electrons. The summed E-state index contributed by atoms with van der Waals surface area (Å²) in [5.41, 5.74) is 1.43. The van der Waals surface area contributed by atoms with E-state index in [1.165, 1.54) is 18.5 Å². The average Bonchev–Trinajstić information content (AvgIpc) is 3.18. The van der Waals surface area contributed by atoms with Gasteiger partial charge in [0.1, 0.15) is 12.1 Å². The van der Waals surface area contributed by atoms with Gasteiger partial charge in [-0.3, -0.25) is 9.89 Å². The first-order valence-electron chi connectivity index (χ1n) is 6.62. The number of hydrogen-bond donors (Lipinski definition) is 2. The third-order valence-electron chi connectivity index (χ3n) is 2.95. The van der Waals surface area contributed by atoms with Gasteiger partial charge in [-0.1, -0.05) is 12.1 Å². The van der Waals surface area contributed by atoms with Gasteiger partial charge < -0.3 is 5.11 Å². The number of allylic oxidation sites excluding steroid dienone is 1. The fourth-order valence-corrected chi connectivity index (χ4v) is 2.67. The number of aromatic nitrogens is 4. The van der Waals surface area contributed by atoms with Crippen LogP contribution in [0, 0.1) is 5.82 Å². The third-order valence-corrected chi connectivity index (χ3v) is 3.85. The lowest BCUT2D eigenvalue weighted by Gasteiger charge is -1.97. The van der Waals surface area contributed by atoms with E-state index in [1.54, 1.807) is 17.5 Å². The summed E-state index contributed by atoms with van der Waals surface area (Å²) < 4.78 is 13.2. The number of aromatic amines is 1. The van der Waals surface area contributed by atoms with E-state index in [0.717, 1.165) is 23.0 Å². The zero-order valence-electron chi connectivity index (χ0n) is 11.7. The topological polar surface area (TPSA) is 91.8 Å². The number of nitrogens with one attached hydrogen (secondary N) is 1. The molecule has 0 aliphatic carbocycles. The molecule has 23 heavy (non-hydrogen) atoms. The number of rotatable bonds is 5. The molecule has 0 unspecified atom stereocenters. The number of nitrogens with zero attached hydrogens (tertiary/aromatic N) is 3. The first kappa shape index (κ1) is 15.0. The van der Waals surface area contributed by atoms with Crippen molar-refractivity contribution in [2.45, 2.75) is 6.42 Å². The van der Waals surface area contributed by atoms with Crippen molar-refractivity contribution in [3.8, 4) is 0 Å². The highest BCUT2D eigenvalue weighted by atomic mass is 32.1. The molecule has 0 fully saturated rings. The predicted octanol–water partition coefficient (Wildman–Crippen LogP) is 2.77. The number of aliphatic hydroxyl groups excluding tert-OH is 1. The van der Waals surface area contributed by atoms with Crippen molar-refractivity contribution >= 4 is 22.9 Å². The summed E-state index contributed by atoms with van der Waals surface area (Å²) >= 11 is 1.16. The van der Waals surface area contributed by atoms with Crippen LogP contribution >= 0.6 is 11.3 Å². The van der Waals surface area contributed by atoms with Crippen LogP contribution in [0.3, 0.4) is 0 Å². The molecule has 0 spiro atoms. The van der Waals surface area contributed by atoms with Crippen molar-refractivity contribution in [1.82, 2.24) is 20.2 Å². The highest BCUT2D eigenvalue weighted by Gasteiger charge is 2.13. The summed E-state index contributed by atoms with van der Waals surface area (Å²) in [5.74, 6) is -1.05. The minimum Gasteiger partial charge on any atom is -0.504 e. The van der Waals surface area contributed by atoms with Crippen molar-refractivity contribution < 1.29 is 14.3 Å². The van der Waals surface area contributed by atoms with Gasteiger partial charge in [-0.2, -0.15) is 5.10 Å². The Morgan fingerprint density at radius 2 is 2.30 bits per heavy atom. The zero-order chi connectivity index (χ0) is 16.2. The van der Waals surface area contributed by atoms with E-state index in [0.29, 0.717) is 12.1 Å². The second-order valence-electron chi connectivity index (χ2n) is 4.67. The molecule has 0 atom stereocenters. The summed E-state index contributed by atoms with van der Waals surface area (Å²) in [4.78, 5) is 20.0. The van der Waals surface area contributed by atoms with E-state index in [9.17, 15) is 14.3 Å². The molecule has 3 aromatic rings. The van der Waals surface area contributed by atoms with Crippen LogP contribution in [-0.2, 0) is 6.42 Å². The number of halogens is 1. The Morgan fingerprint density at radius 1 is 1.43 bits per heavy atom. The largest absolute Gasteiger partial charge is 0.504 e. The molecule has 0 saturated carbocycles. The SMILES string of the molecule is O=C(C=C(O)c1nc[nH]n1)c1nc(Cc2cccc(F)c2)cs1. The van der Waals surface area contributed by atoms with Gasteiger partial charge in [-0.15, -0.1) is 11.3 Å². The number of thiazole rings is 1. The lowest BCUT2D eigenvalue weighted by Crippen LogP contribution is -1.98. The standard InChI is InChI=1S/C15H11FN4O2S/c16-10-3-1-2-9(4-10)5-11-7-23-15(19-11)13(22)6-12(21)14-17-8-18-20-14/h1-4,6-8,21H,5H2,(H,17,18,20). The van der Waals surface area contributed by atoms with Crippen LogP contribution in [0.2, 0.25) is 0 Å². The molecule has 1 aromatic carbocycles. The van der Waals surface area contributed by atoms with Crippen LogP contribution in [0.1, 0.15) is 26.9 Å². The van der Waals surface area contributed by atoms with Gasteiger partial charge in [0.15, 0.2) is 10.8 Å². The molecule has 3 rings (SSSR count). The van der Waals surface area contributed by atoms with Gasteiger partial charge in [-0.25, -0.2) is 14.4 Å². The van der Waals surface area contributed by atoms with Crippen LogP contribution in [0.4, 0.5) is 4.39 Å².